The first-order valence-corrected chi connectivity index (χ1v) is 12.0. The van der Waals surface area contributed by atoms with Gasteiger partial charge in [0.25, 0.3) is 15.6 Å². The first kappa shape index (κ1) is 23.4. The molecule has 1 aliphatic heterocycles. The molecule has 1 unspecified atom stereocenters. The van der Waals surface area contributed by atoms with Crippen LogP contribution in [0.5, 0.6) is 0 Å². The molecule has 1 N–H and O–H groups in total. The van der Waals surface area contributed by atoms with Crippen LogP contribution in [-0.2, 0) is 21.3 Å². The molecular formula is C19H29N5O6S. The van der Waals surface area contributed by atoms with E-state index in [1.807, 2.05) is 13.8 Å². The van der Waals surface area contributed by atoms with Gasteiger partial charge < -0.3 is 9.26 Å². The molecule has 0 saturated carbocycles. The summed E-state index contributed by atoms with van der Waals surface area (Å²) >= 11 is 0. The Balaban J connectivity index is 1.94. The molecule has 1 aliphatic rings. The number of nitrogens with one attached hydrogen (secondary N) is 1. The Hall–Kier alpha value is -2.31. The largest absolute Gasteiger partial charge is 0.378 e. The van der Waals surface area contributed by atoms with Crippen LogP contribution in [0.1, 0.15) is 70.1 Å². The van der Waals surface area contributed by atoms with Gasteiger partial charge in [-0.25, -0.2) is 13.2 Å². The summed E-state index contributed by atoms with van der Waals surface area (Å²) in [6.07, 6.45) is 4.80. The SMILES string of the molecule is CCCCCCn1cc(S(=O)(=O)N2CCOCC2c2noc(C(C)C)n2)c(=O)[nH]c1=O. The lowest BCUT2D eigenvalue weighted by molar-refractivity contribution is 0.0281. The van der Waals surface area contributed by atoms with Crippen LogP contribution in [0.2, 0.25) is 0 Å². The van der Waals surface area contributed by atoms with Gasteiger partial charge in [-0.3, -0.25) is 14.3 Å². The van der Waals surface area contributed by atoms with Crippen molar-refractivity contribution in [3.8, 4) is 0 Å². The number of ether oxygens (including phenoxy) is 1. The molecule has 11 nitrogen and oxygen atoms in total. The third-order valence-electron chi connectivity index (χ3n) is 5.15. The number of nitrogens with zero attached hydrogens (tertiary/aromatic N) is 4. The summed E-state index contributed by atoms with van der Waals surface area (Å²) in [5.41, 5.74) is -1.57. The second-order valence-corrected chi connectivity index (χ2v) is 9.72. The maximum Gasteiger partial charge on any atom is 0.328 e. The summed E-state index contributed by atoms with van der Waals surface area (Å²) in [6.45, 7) is 6.38. The van der Waals surface area contributed by atoms with Gasteiger partial charge in [0.2, 0.25) is 5.89 Å². The van der Waals surface area contributed by atoms with Gasteiger partial charge in [-0.05, 0) is 6.42 Å². The maximum atomic E-state index is 13.4. The summed E-state index contributed by atoms with van der Waals surface area (Å²) in [5, 5.41) is 3.92. The highest BCUT2D eigenvalue weighted by atomic mass is 32.2. The van der Waals surface area contributed by atoms with Crippen LogP contribution in [-0.4, -0.2) is 52.2 Å². The molecule has 1 atom stereocenters. The van der Waals surface area contributed by atoms with Crippen molar-refractivity contribution < 1.29 is 17.7 Å². The van der Waals surface area contributed by atoms with Crippen molar-refractivity contribution in [1.29, 1.82) is 0 Å². The number of H-pyrrole nitrogens is 1. The Labute approximate surface area is 180 Å². The van der Waals surface area contributed by atoms with E-state index in [1.165, 1.54) is 4.57 Å². The minimum atomic E-state index is -4.25. The monoisotopic (exact) mass is 455 g/mol. The second-order valence-electron chi connectivity index (χ2n) is 7.86. The highest BCUT2D eigenvalue weighted by Crippen LogP contribution is 2.28. The summed E-state index contributed by atoms with van der Waals surface area (Å²) < 4.78 is 39.9. The zero-order valence-electron chi connectivity index (χ0n) is 18.0. The van der Waals surface area contributed by atoms with E-state index in [0.717, 1.165) is 29.8 Å². The molecule has 0 amide bonds. The second kappa shape index (κ2) is 9.88. The Kier molecular flexibility index (Phi) is 7.44. The Morgan fingerprint density at radius 1 is 1.26 bits per heavy atom. The van der Waals surface area contributed by atoms with Gasteiger partial charge >= 0.3 is 5.69 Å². The van der Waals surface area contributed by atoms with Crippen LogP contribution in [0.4, 0.5) is 0 Å². The van der Waals surface area contributed by atoms with Gasteiger partial charge in [-0.2, -0.15) is 9.29 Å². The van der Waals surface area contributed by atoms with Crippen molar-refractivity contribution in [1.82, 2.24) is 24.0 Å². The highest BCUT2D eigenvalue weighted by Gasteiger charge is 2.39. The molecule has 1 saturated heterocycles. The first-order valence-electron chi connectivity index (χ1n) is 10.5. The Morgan fingerprint density at radius 3 is 2.71 bits per heavy atom. The molecule has 0 aromatic carbocycles. The van der Waals surface area contributed by atoms with Gasteiger partial charge in [-0.15, -0.1) is 0 Å². The molecule has 2 aromatic heterocycles. The van der Waals surface area contributed by atoms with Crippen LogP contribution < -0.4 is 11.2 Å². The van der Waals surface area contributed by atoms with Gasteiger partial charge in [0, 0.05) is 25.2 Å². The quantitative estimate of drug-likeness (QED) is 0.559. The van der Waals surface area contributed by atoms with Crippen LogP contribution >= 0.6 is 0 Å². The minimum absolute atomic E-state index is 0.0186. The van der Waals surface area contributed by atoms with Crippen molar-refractivity contribution in [2.45, 2.75) is 69.9 Å². The van der Waals surface area contributed by atoms with E-state index in [4.69, 9.17) is 9.26 Å². The standard InChI is InChI=1S/C19H29N5O6S/c1-4-5-6-7-8-23-11-15(17(25)21-19(23)26)31(27,28)24-9-10-29-12-14(24)16-20-18(13(2)3)30-22-16/h11,13-14H,4-10,12H2,1-3H3,(H,21,25,26). The Bertz CT molecular complexity index is 1100. The van der Waals surface area contributed by atoms with E-state index < -0.39 is 32.2 Å². The average Bonchev–Trinajstić information content (AvgIpc) is 3.23. The molecule has 0 radical (unpaired) electrons. The normalized spacial score (nSPS) is 18.0. The summed E-state index contributed by atoms with van der Waals surface area (Å²) in [7, 11) is -4.25. The Morgan fingerprint density at radius 2 is 2.03 bits per heavy atom. The van der Waals surface area contributed by atoms with Crippen LogP contribution in [0.25, 0.3) is 0 Å². The minimum Gasteiger partial charge on any atom is -0.378 e. The number of aryl methyl sites for hydroxylation is 1. The number of aromatic amines is 1. The number of hydrogen-bond acceptors (Lipinski definition) is 8. The number of aromatic nitrogens is 4. The maximum absolute atomic E-state index is 13.4. The van der Waals surface area contributed by atoms with Crippen LogP contribution in [0, 0.1) is 0 Å². The molecular weight excluding hydrogens is 426 g/mol. The molecule has 3 heterocycles. The first-order chi connectivity index (χ1) is 14.8. The molecule has 2 aromatic rings. The molecule has 172 valence electrons. The fraction of sp³-hybridized carbons (Fsp3) is 0.684. The molecule has 12 heteroatoms. The van der Waals surface area contributed by atoms with E-state index in [1.54, 1.807) is 0 Å². The van der Waals surface area contributed by atoms with Crippen LogP contribution in [0.15, 0.2) is 25.2 Å². The van der Waals surface area contributed by atoms with Gasteiger partial charge in [0.05, 0.1) is 13.2 Å². The fourth-order valence-corrected chi connectivity index (χ4v) is 4.97. The van der Waals surface area contributed by atoms with Crippen molar-refractivity contribution in [3.05, 3.63) is 38.8 Å². The van der Waals surface area contributed by atoms with E-state index in [9.17, 15) is 18.0 Å². The highest BCUT2D eigenvalue weighted by molar-refractivity contribution is 7.89. The number of rotatable bonds is 9. The number of unbranched alkanes of at least 4 members (excludes halogenated alkanes) is 3. The molecule has 0 aliphatic carbocycles. The fourth-order valence-electron chi connectivity index (χ4n) is 3.37. The number of sulfonamides is 1. The zero-order chi connectivity index (χ0) is 22.6. The van der Waals surface area contributed by atoms with Crippen LogP contribution in [0.3, 0.4) is 0 Å². The number of morpholine rings is 1. The predicted octanol–water partition coefficient (Wildman–Crippen LogP) is 1.39. The summed E-state index contributed by atoms with van der Waals surface area (Å²) in [5.74, 6) is 0.544. The average molecular weight is 456 g/mol. The molecule has 0 spiro atoms. The van der Waals surface area contributed by atoms with Crippen molar-refractivity contribution in [2.75, 3.05) is 19.8 Å². The van der Waals surface area contributed by atoms with Gasteiger partial charge in [0.15, 0.2) is 10.7 Å². The van der Waals surface area contributed by atoms with E-state index in [2.05, 4.69) is 22.0 Å². The van der Waals surface area contributed by atoms with E-state index in [-0.39, 0.29) is 31.5 Å². The van der Waals surface area contributed by atoms with Crippen molar-refractivity contribution in [3.63, 3.8) is 0 Å². The summed E-state index contributed by atoms with van der Waals surface area (Å²) in [6, 6.07) is -0.834. The molecule has 3 rings (SSSR count). The number of hydrogen-bond donors (Lipinski definition) is 1. The zero-order valence-corrected chi connectivity index (χ0v) is 18.9. The molecule has 1 fully saturated rings. The smallest absolute Gasteiger partial charge is 0.328 e. The molecule has 0 bridgehead atoms. The molecule has 31 heavy (non-hydrogen) atoms. The van der Waals surface area contributed by atoms with Gasteiger partial charge in [-0.1, -0.05) is 45.2 Å². The van der Waals surface area contributed by atoms with E-state index >= 15 is 0 Å². The predicted molar refractivity (Wildman–Crippen MR) is 111 cm³/mol. The lowest BCUT2D eigenvalue weighted by Crippen LogP contribution is -2.46. The summed E-state index contributed by atoms with van der Waals surface area (Å²) in [4.78, 5) is 30.5. The lowest BCUT2D eigenvalue weighted by atomic mass is 10.2. The third kappa shape index (κ3) is 5.13. The van der Waals surface area contributed by atoms with Crippen molar-refractivity contribution in [2.24, 2.45) is 0 Å². The lowest BCUT2D eigenvalue weighted by Gasteiger charge is -2.32. The van der Waals surface area contributed by atoms with Crippen molar-refractivity contribution >= 4 is 10.0 Å². The van der Waals surface area contributed by atoms with Gasteiger partial charge in [0.1, 0.15) is 6.04 Å². The third-order valence-corrected chi connectivity index (χ3v) is 7.05. The topological polar surface area (TPSA) is 140 Å². The van der Waals surface area contributed by atoms with E-state index in [0.29, 0.717) is 18.9 Å².